The molecule has 1 heterocycles. The summed E-state index contributed by atoms with van der Waals surface area (Å²) < 4.78 is 7.65. The lowest BCUT2D eigenvalue weighted by atomic mass is 10.00. The topological polar surface area (TPSA) is 27.1 Å². The van der Waals surface area contributed by atoms with Crippen LogP contribution in [-0.2, 0) is 0 Å². The van der Waals surface area contributed by atoms with Gasteiger partial charge in [-0.3, -0.25) is 4.57 Å². The van der Waals surface area contributed by atoms with Crippen LogP contribution in [0.4, 0.5) is 0 Å². The van der Waals surface area contributed by atoms with Crippen LogP contribution in [0.2, 0.25) is 0 Å². The first-order valence-electron chi connectivity index (χ1n) is 10.4. The number of benzene rings is 5. The monoisotopic (exact) mass is 400 g/mol. The number of nitrogens with zero attached hydrogens (tertiary/aromatic N) is 2. The summed E-state index contributed by atoms with van der Waals surface area (Å²) in [6.07, 6.45) is 0. The maximum absolute atomic E-state index is 5.37. The Morgan fingerprint density at radius 2 is 1.19 bits per heavy atom. The van der Waals surface area contributed by atoms with Gasteiger partial charge in [0.2, 0.25) is 0 Å². The number of para-hydroxylation sites is 1. The van der Waals surface area contributed by atoms with Crippen molar-refractivity contribution >= 4 is 32.6 Å². The maximum atomic E-state index is 5.37. The zero-order valence-electron chi connectivity index (χ0n) is 17.1. The van der Waals surface area contributed by atoms with Gasteiger partial charge < -0.3 is 4.74 Å². The van der Waals surface area contributed by atoms with Crippen LogP contribution in [0.5, 0.6) is 5.75 Å². The summed E-state index contributed by atoms with van der Waals surface area (Å²) in [5.74, 6) is 1.76. The summed E-state index contributed by atoms with van der Waals surface area (Å²) >= 11 is 0. The number of aromatic nitrogens is 2. The Morgan fingerprint density at radius 1 is 0.613 bits per heavy atom. The van der Waals surface area contributed by atoms with Crippen LogP contribution in [0.15, 0.2) is 103 Å². The van der Waals surface area contributed by atoms with E-state index in [9.17, 15) is 0 Å². The van der Waals surface area contributed by atoms with Gasteiger partial charge >= 0.3 is 0 Å². The summed E-state index contributed by atoms with van der Waals surface area (Å²) in [4.78, 5) is 5.22. The molecule has 0 fully saturated rings. The molecule has 0 spiro atoms. The summed E-state index contributed by atoms with van der Waals surface area (Å²) in [6, 6.07) is 35.7. The minimum Gasteiger partial charge on any atom is -0.497 e. The van der Waals surface area contributed by atoms with Gasteiger partial charge in [0, 0.05) is 22.0 Å². The molecular weight excluding hydrogens is 380 g/mol. The SMILES string of the molecule is COc1ccc(-c2nc3c4ccccc4c4ccccc4c3n2-c2ccccc2)cc1. The van der Waals surface area contributed by atoms with Crippen LogP contribution in [0, 0.1) is 0 Å². The predicted octanol–water partition coefficient (Wildman–Crippen LogP) is 7.01. The van der Waals surface area contributed by atoms with Crippen LogP contribution in [-0.4, -0.2) is 16.7 Å². The molecule has 0 saturated heterocycles. The van der Waals surface area contributed by atoms with Crippen molar-refractivity contribution in [1.29, 1.82) is 0 Å². The normalized spacial score (nSPS) is 11.4. The van der Waals surface area contributed by atoms with E-state index in [0.29, 0.717) is 0 Å². The molecule has 6 aromatic rings. The molecule has 6 rings (SSSR count). The molecule has 1 aromatic heterocycles. The first-order valence-corrected chi connectivity index (χ1v) is 10.4. The summed E-state index contributed by atoms with van der Waals surface area (Å²) in [7, 11) is 1.69. The van der Waals surface area contributed by atoms with E-state index >= 15 is 0 Å². The van der Waals surface area contributed by atoms with Crippen molar-refractivity contribution in [3.8, 4) is 22.8 Å². The van der Waals surface area contributed by atoms with E-state index in [1.54, 1.807) is 7.11 Å². The van der Waals surface area contributed by atoms with Crippen molar-refractivity contribution in [2.24, 2.45) is 0 Å². The average molecular weight is 400 g/mol. The van der Waals surface area contributed by atoms with Crippen molar-refractivity contribution < 1.29 is 4.74 Å². The molecule has 31 heavy (non-hydrogen) atoms. The van der Waals surface area contributed by atoms with Gasteiger partial charge in [-0.1, -0.05) is 66.7 Å². The first kappa shape index (κ1) is 17.7. The van der Waals surface area contributed by atoms with Crippen molar-refractivity contribution in [1.82, 2.24) is 9.55 Å². The Kier molecular flexibility index (Phi) is 4.00. The van der Waals surface area contributed by atoms with E-state index in [1.807, 2.05) is 18.2 Å². The number of fused-ring (bicyclic) bond motifs is 6. The molecule has 0 radical (unpaired) electrons. The van der Waals surface area contributed by atoms with E-state index in [-0.39, 0.29) is 0 Å². The second kappa shape index (κ2) is 6.99. The molecule has 0 saturated carbocycles. The van der Waals surface area contributed by atoms with E-state index in [0.717, 1.165) is 33.9 Å². The molecule has 0 amide bonds. The smallest absolute Gasteiger partial charge is 0.145 e. The highest BCUT2D eigenvalue weighted by molar-refractivity contribution is 6.24. The molecule has 0 N–H and O–H groups in total. The van der Waals surface area contributed by atoms with Crippen molar-refractivity contribution in [2.75, 3.05) is 7.11 Å². The van der Waals surface area contributed by atoms with Crippen LogP contribution < -0.4 is 4.74 Å². The highest BCUT2D eigenvalue weighted by Crippen LogP contribution is 2.39. The van der Waals surface area contributed by atoms with Crippen LogP contribution in [0.1, 0.15) is 0 Å². The predicted molar refractivity (Wildman–Crippen MR) is 128 cm³/mol. The minimum absolute atomic E-state index is 0.835. The van der Waals surface area contributed by atoms with Crippen molar-refractivity contribution in [3.05, 3.63) is 103 Å². The first-order chi connectivity index (χ1) is 15.3. The Balaban J connectivity index is 1.82. The second-order valence-corrected chi connectivity index (χ2v) is 7.62. The molecule has 0 atom stereocenters. The summed E-state index contributed by atoms with van der Waals surface area (Å²) in [5.41, 5.74) is 4.29. The molecule has 0 aliphatic carbocycles. The Hall–Kier alpha value is -4.11. The van der Waals surface area contributed by atoms with Gasteiger partial charge in [0.1, 0.15) is 11.6 Å². The minimum atomic E-state index is 0.835. The third kappa shape index (κ3) is 2.71. The van der Waals surface area contributed by atoms with Gasteiger partial charge in [-0.05, 0) is 47.2 Å². The van der Waals surface area contributed by atoms with Gasteiger partial charge in [-0.15, -0.1) is 0 Å². The van der Waals surface area contributed by atoms with Crippen molar-refractivity contribution in [3.63, 3.8) is 0 Å². The molecule has 0 bridgehead atoms. The van der Waals surface area contributed by atoms with Crippen molar-refractivity contribution in [2.45, 2.75) is 0 Å². The van der Waals surface area contributed by atoms with Crippen LogP contribution >= 0.6 is 0 Å². The fraction of sp³-hybridized carbons (Fsp3) is 0.0357. The lowest BCUT2D eigenvalue weighted by molar-refractivity contribution is 0.415. The highest BCUT2D eigenvalue weighted by atomic mass is 16.5. The zero-order valence-corrected chi connectivity index (χ0v) is 17.1. The number of hydrogen-bond donors (Lipinski definition) is 0. The van der Waals surface area contributed by atoms with Gasteiger partial charge in [0.15, 0.2) is 0 Å². The largest absolute Gasteiger partial charge is 0.497 e. The van der Waals surface area contributed by atoms with Crippen LogP contribution in [0.25, 0.3) is 49.7 Å². The molecule has 0 aliphatic heterocycles. The van der Waals surface area contributed by atoms with Gasteiger partial charge in [-0.2, -0.15) is 0 Å². The number of ether oxygens (including phenoxy) is 1. The Bertz CT molecular complexity index is 1550. The standard InChI is InChI=1S/C28H20N2O/c1-31-21-17-15-19(16-18-21)28-29-26-24-13-7-5-11-22(24)23-12-6-8-14-25(23)27(26)30(28)20-9-3-2-4-10-20/h2-18H,1H3. The Morgan fingerprint density at radius 3 is 1.87 bits per heavy atom. The van der Waals surface area contributed by atoms with Gasteiger partial charge in [0.25, 0.3) is 0 Å². The van der Waals surface area contributed by atoms with E-state index in [1.165, 1.54) is 21.5 Å². The number of rotatable bonds is 3. The summed E-state index contributed by atoms with van der Waals surface area (Å²) in [6.45, 7) is 0. The Labute approximate surface area is 180 Å². The molecule has 0 unspecified atom stereocenters. The fourth-order valence-corrected chi connectivity index (χ4v) is 4.47. The van der Waals surface area contributed by atoms with E-state index < -0.39 is 0 Å². The molecule has 3 heteroatoms. The van der Waals surface area contributed by atoms with Crippen LogP contribution in [0.3, 0.4) is 0 Å². The zero-order chi connectivity index (χ0) is 20.8. The van der Waals surface area contributed by atoms with Gasteiger partial charge in [-0.25, -0.2) is 4.98 Å². The highest BCUT2D eigenvalue weighted by Gasteiger charge is 2.19. The maximum Gasteiger partial charge on any atom is 0.145 e. The van der Waals surface area contributed by atoms with E-state index in [4.69, 9.17) is 9.72 Å². The molecule has 148 valence electrons. The third-order valence-electron chi connectivity index (χ3n) is 5.89. The average Bonchev–Trinajstić information content (AvgIpc) is 3.26. The second-order valence-electron chi connectivity index (χ2n) is 7.62. The number of methoxy groups -OCH3 is 1. The van der Waals surface area contributed by atoms with Gasteiger partial charge in [0.05, 0.1) is 18.1 Å². The summed E-state index contributed by atoms with van der Waals surface area (Å²) in [5, 5.41) is 4.83. The molecule has 0 aliphatic rings. The molecular formula is C28H20N2O. The lowest BCUT2D eigenvalue weighted by Crippen LogP contribution is -1.98. The number of hydrogen-bond acceptors (Lipinski definition) is 2. The quantitative estimate of drug-likeness (QED) is 0.299. The third-order valence-corrected chi connectivity index (χ3v) is 5.89. The van der Waals surface area contributed by atoms with E-state index in [2.05, 4.69) is 89.5 Å². The number of imidazole rings is 1. The molecule has 3 nitrogen and oxygen atoms in total. The fourth-order valence-electron chi connectivity index (χ4n) is 4.47. The lowest BCUT2D eigenvalue weighted by Gasteiger charge is -2.12. The molecule has 5 aromatic carbocycles.